The first kappa shape index (κ1) is 24.4. The molecule has 0 fully saturated rings. The molecule has 0 spiro atoms. The van der Waals surface area contributed by atoms with Gasteiger partial charge in [-0.15, -0.1) is 0 Å². The van der Waals surface area contributed by atoms with E-state index < -0.39 is 18.0 Å². The molecule has 0 saturated carbocycles. The summed E-state index contributed by atoms with van der Waals surface area (Å²) in [5.41, 5.74) is 0.693. The van der Waals surface area contributed by atoms with E-state index in [1.807, 2.05) is 0 Å². The maximum Gasteiger partial charge on any atom is 0.333 e. The first-order valence-corrected chi connectivity index (χ1v) is 10.1. The lowest BCUT2D eigenvalue weighted by Gasteiger charge is -2.18. The van der Waals surface area contributed by atoms with Crippen LogP contribution in [0.15, 0.2) is 24.3 Å². The summed E-state index contributed by atoms with van der Waals surface area (Å²) in [6, 6.07) is 0. The Hall–Kier alpha value is -1.58. The fourth-order valence-corrected chi connectivity index (χ4v) is 2.58. The van der Waals surface area contributed by atoms with Gasteiger partial charge in [0.1, 0.15) is 12.7 Å². The summed E-state index contributed by atoms with van der Waals surface area (Å²) in [7, 11) is 0. The lowest BCUT2D eigenvalue weighted by molar-refractivity contribution is -0.154. The molecular weight excluding hydrogens is 328 g/mol. The van der Waals surface area contributed by atoms with Crippen LogP contribution in [0.5, 0.6) is 0 Å². The van der Waals surface area contributed by atoms with E-state index in [0.717, 1.165) is 12.8 Å². The van der Waals surface area contributed by atoms with Gasteiger partial charge in [-0.3, -0.25) is 0 Å². The van der Waals surface area contributed by atoms with E-state index in [2.05, 4.69) is 20.1 Å². The molecule has 0 aliphatic heterocycles. The maximum atomic E-state index is 11.7. The van der Waals surface area contributed by atoms with Gasteiger partial charge in [-0.2, -0.15) is 0 Å². The lowest BCUT2D eigenvalue weighted by atomic mass is 10.0. The molecule has 0 amide bonds. The molecule has 0 aromatic heterocycles. The first-order valence-electron chi connectivity index (χ1n) is 10.1. The monoisotopic (exact) mass is 366 g/mol. The van der Waals surface area contributed by atoms with E-state index >= 15 is 0 Å². The number of carbonyl (C=O) groups is 2. The van der Waals surface area contributed by atoms with Crippen LogP contribution in [0, 0.1) is 0 Å². The number of rotatable bonds is 16. The minimum absolute atomic E-state index is 0.0716. The number of ether oxygens (including phenoxy) is 2. The zero-order chi connectivity index (χ0) is 19.8. The van der Waals surface area contributed by atoms with Gasteiger partial charge in [0.15, 0.2) is 0 Å². The Kier molecular flexibility index (Phi) is 14.7. The van der Waals surface area contributed by atoms with E-state index in [4.69, 9.17) is 9.47 Å². The highest BCUT2D eigenvalue weighted by Crippen LogP contribution is 2.14. The molecule has 0 N–H and O–H groups in total. The fourth-order valence-electron chi connectivity index (χ4n) is 2.58. The molecule has 1 unspecified atom stereocenters. The Morgan fingerprint density at radius 1 is 0.769 bits per heavy atom. The molecule has 0 heterocycles. The second-order valence-corrected chi connectivity index (χ2v) is 7.16. The van der Waals surface area contributed by atoms with Crippen molar-refractivity contribution in [3.63, 3.8) is 0 Å². The standard InChI is InChI=1S/C22H38O4/c1-6-7-8-9-10-11-12-13-14-15-16-20(26-22(24)19(4)5)17-25-21(23)18(2)3/h20H,2,4,6-17H2,1,3,5H3. The zero-order valence-corrected chi connectivity index (χ0v) is 17.1. The molecule has 0 aliphatic carbocycles. The van der Waals surface area contributed by atoms with Crippen molar-refractivity contribution in [3.8, 4) is 0 Å². The third kappa shape index (κ3) is 13.7. The Balaban J connectivity index is 3.99. The molecule has 0 radical (unpaired) electrons. The molecule has 26 heavy (non-hydrogen) atoms. The van der Waals surface area contributed by atoms with E-state index in [0.29, 0.717) is 17.6 Å². The van der Waals surface area contributed by atoms with E-state index in [-0.39, 0.29) is 6.61 Å². The van der Waals surface area contributed by atoms with Crippen molar-refractivity contribution in [2.75, 3.05) is 6.61 Å². The average molecular weight is 367 g/mol. The molecule has 150 valence electrons. The smallest absolute Gasteiger partial charge is 0.333 e. The van der Waals surface area contributed by atoms with Crippen molar-refractivity contribution in [2.24, 2.45) is 0 Å². The van der Waals surface area contributed by atoms with Gasteiger partial charge in [-0.1, -0.05) is 77.9 Å². The number of hydrogen-bond acceptors (Lipinski definition) is 4. The average Bonchev–Trinajstić information content (AvgIpc) is 2.60. The van der Waals surface area contributed by atoms with Gasteiger partial charge in [0, 0.05) is 11.1 Å². The SMILES string of the molecule is C=C(C)C(=O)OCC(CCCCCCCCCCCC)OC(=O)C(=C)C. The van der Waals surface area contributed by atoms with Crippen molar-refractivity contribution in [1.82, 2.24) is 0 Å². The molecule has 0 aromatic carbocycles. The minimum Gasteiger partial charge on any atom is -0.458 e. The number of carbonyl (C=O) groups excluding carboxylic acids is 2. The third-order valence-corrected chi connectivity index (χ3v) is 4.25. The van der Waals surface area contributed by atoms with Gasteiger partial charge >= 0.3 is 11.9 Å². The number of unbranched alkanes of at least 4 members (excludes halogenated alkanes) is 9. The zero-order valence-electron chi connectivity index (χ0n) is 17.1. The summed E-state index contributed by atoms with van der Waals surface area (Å²) < 4.78 is 10.5. The normalized spacial score (nSPS) is 11.7. The summed E-state index contributed by atoms with van der Waals surface area (Å²) in [6.45, 7) is 12.7. The van der Waals surface area contributed by atoms with Crippen LogP contribution < -0.4 is 0 Å². The van der Waals surface area contributed by atoms with Crippen LogP contribution in [0.2, 0.25) is 0 Å². The summed E-state index contributed by atoms with van der Waals surface area (Å²) in [5.74, 6) is -0.891. The van der Waals surface area contributed by atoms with Crippen LogP contribution in [0.3, 0.4) is 0 Å². The largest absolute Gasteiger partial charge is 0.458 e. The van der Waals surface area contributed by atoms with Crippen molar-refractivity contribution in [1.29, 1.82) is 0 Å². The summed E-state index contributed by atoms with van der Waals surface area (Å²) in [5, 5.41) is 0. The Labute approximate surface area is 160 Å². The van der Waals surface area contributed by atoms with Gasteiger partial charge in [-0.25, -0.2) is 9.59 Å². The molecule has 0 saturated heterocycles. The fraction of sp³-hybridized carbons (Fsp3) is 0.727. The summed E-state index contributed by atoms with van der Waals surface area (Å²) in [4.78, 5) is 23.3. The maximum absolute atomic E-state index is 11.7. The van der Waals surface area contributed by atoms with Gasteiger partial charge in [-0.05, 0) is 26.7 Å². The molecule has 4 heteroatoms. The predicted molar refractivity (Wildman–Crippen MR) is 107 cm³/mol. The van der Waals surface area contributed by atoms with Crippen LogP contribution in [-0.4, -0.2) is 24.6 Å². The summed E-state index contributed by atoms with van der Waals surface area (Å²) in [6.07, 6.45) is 12.8. The Bertz CT molecular complexity index is 439. The number of hydrogen-bond donors (Lipinski definition) is 0. The Morgan fingerprint density at radius 2 is 1.23 bits per heavy atom. The van der Waals surface area contributed by atoms with Gasteiger partial charge < -0.3 is 9.47 Å². The van der Waals surface area contributed by atoms with E-state index in [1.165, 1.54) is 51.4 Å². The van der Waals surface area contributed by atoms with Crippen LogP contribution in [0.4, 0.5) is 0 Å². The van der Waals surface area contributed by atoms with Crippen LogP contribution in [-0.2, 0) is 19.1 Å². The summed E-state index contributed by atoms with van der Waals surface area (Å²) >= 11 is 0. The lowest BCUT2D eigenvalue weighted by Crippen LogP contribution is -2.25. The highest BCUT2D eigenvalue weighted by atomic mass is 16.6. The van der Waals surface area contributed by atoms with Crippen molar-refractivity contribution >= 4 is 11.9 Å². The second kappa shape index (κ2) is 15.7. The molecular formula is C22H38O4. The topological polar surface area (TPSA) is 52.6 Å². The first-order chi connectivity index (χ1) is 12.4. The molecule has 0 rings (SSSR count). The third-order valence-electron chi connectivity index (χ3n) is 4.25. The van der Waals surface area contributed by atoms with Crippen LogP contribution in [0.1, 0.15) is 91.4 Å². The molecule has 4 nitrogen and oxygen atoms in total. The highest BCUT2D eigenvalue weighted by Gasteiger charge is 2.17. The predicted octanol–water partition coefficient (Wildman–Crippen LogP) is 5.90. The van der Waals surface area contributed by atoms with Crippen molar-refractivity contribution < 1.29 is 19.1 Å². The van der Waals surface area contributed by atoms with Gasteiger partial charge in [0.05, 0.1) is 0 Å². The highest BCUT2D eigenvalue weighted by molar-refractivity contribution is 5.87. The second-order valence-electron chi connectivity index (χ2n) is 7.16. The minimum atomic E-state index is -0.454. The van der Waals surface area contributed by atoms with Gasteiger partial charge in [0.2, 0.25) is 0 Å². The Morgan fingerprint density at radius 3 is 1.69 bits per heavy atom. The van der Waals surface area contributed by atoms with E-state index in [1.54, 1.807) is 13.8 Å². The van der Waals surface area contributed by atoms with Crippen molar-refractivity contribution in [3.05, 3.63) is 24.3 Å². The van der Waals surface area contributed by atoms with Gasteiger partial charge in [0.25, 0.3) is 0 Å². The molecule has 0 aliphatic rings. The van der Waals surface area contributed by atoms with Crippen LogP contribution in [0.25, 0.3) is 0 Å². The quantitative estimate of drug-likeness (QED) is 0.194. The molecule has 0 bridgehead atoms. The number of esters is 2. The van der Waals surface area contributed by atoms with E-state index in [9.17, 15) is 9.59 Å². The molecule has 1 atom stereocenters. The molecule has 0 aromatic rings. The van der Waals surface area contributed by atoms with Crippen molar-refractivity contribution in [2.45, 2.75) is 97.5 Å². The van der Waals surface area contributed by atoms with Crippen LogP contribution >= 0.6 is 0 Å².